The van der Waals surface area contributed by atoms with Crippen molar-refractivity contribution in [1.29, 1.82) is 0 Å². The summed E-state index contributed by atoms with van der Waals surface area (Å²) >= 11 is 0. The Hall–Kier alpha value is -2.43. The second kappa shape index (κ2) is 5.16. The number of aromatic carboxylic acids is 1. The van der Waals surface area contributed by atoms with Gasteiger partial charge in [0.2, 0.25) is 0 Å². The minimum absolute atomic E-state index is 0.0450. The number of nitrogens with zero attached hydrogens (tertiary/aromatic N) is 2. The molecule has 0 spiro atoms. The predicted octanol–water partition coefficient (Wildman–Crippen LogP) is 3.07. The molecule has 1 aliphatic rings. The van der Waals surface area contributed by atoms with E-state index in [1.165, 1.54) is 11.1 Å². The Morgan fingerprint density at radius 1 is 1.19 bits per heavy atom. The van der Waals surface area contributed by atoms with Crippen LogP contribution in [0.2, 0.25) is 0 Å². The molecule has 0 aliphatic heterocycles. The van der Waals surface area contributed by atoms with Gasteiger partial charge in [0, 0.05) is 0 Å². The molecule has 2 aromatic rings. The highest BCUT2D eigenvalue weighted by molar-refractivity contribution is 5.92. The molecule has 21 heavy (non-hydrogen) atoms. The van der Waals surface area contributed by atoms with E-state index in [-0.39, 0.29) is 11.4 Å². The van der Waals surface area contributed by atoms with E-state index in [1.807, 2.05) is 18.2 Å². The monoisotopic (exact) mass is 284 g/mol. The summed E-state index contributed by atoms with van der Waals surface area (Å²) in [6.45, 7) is 3.44. The number of hydrogen-bond acceptors (Lipinski definition) is 4. The SMILES string of the molecule is Cc1nnc(Oc2ccc3c(c2)CCC3)c(C(=O)O)c1C. The number of aryl methyl sites for hydroxylation is 3. The van der Waals surface area contributed by atoms with Crippen LogP contribution < -0.4 is 4.74 Å². The Balaban J connectivity index is 1.98. The molecule has 1 aliphatic carbocycles. The first kappa shape index (κ1) is 13.5. The number of hydrogen-bond donors (Lipinski definition) is 1. The van der Waals surface area contributed by atoms with Crippen LogP contribution in [0.3, 0.4) is 0 Å². The normalized spacial score (nSPS) is 13.0. The Morgan fingerprint density at radius 3 is 2.71 bits per heavy atom. The van der Waals surface area contributed by atoms with Crippen molar-refractivity contribution in [2.24, 2.45) is 0 Å². The molecule has 0 saturated carbocycles. The number of fused-ring (bicyclic) bond motifs is 1. The predicted molar refractivity (Wildman–Crippen MR) is 77.0 cm³/mol. The highest BCUT2D eigenvalue weighted by Crippen LogP contribution is 2.30. The highest BCUT2D eigenvalue weighted by Gasteiger charge is 2.20. The fourth-order valence-corrected chi connectivity index (χ4v) is 2.63. The van der Waals surface area contributed by atoms with Gasteiger partial charge in [-0.25, -0.2) is 4.79 Å². The van der Waals surface area contributed by atoms with Crippen molar-refractivity contribution in [3.05, 3.63) is 46.1 Å². The van der Waals surface area contributed by atoms with Gasteiger partial charge in [0.05, 0.1) is 5.69 Å². The fraction of sp³-hybridized carbons (Fsp3) is 0.312. The number of carboxylic acid groups (broad SMARTS) is 1. The van der Waals surface area contributed by atoms with Crippen LogP contribution in [0.4, 0.5) is 0 Å². The third-order valence-corrected chi connectivity index (χ3v) is 3.92. The van der Waals surface area contributed by atoms with E-state index in [0.717, 1.165) is 19.3 Å². The highest BCUT2D eigenvalue weighted by atomic mass is 16.5. The molecule has 0 bridgehead atoms. The van der Waals surface area contributed by atoms with E-state index in [9.17, 15) is 9.90 Å². The maximum atomic E-state index is 11.4. The van der Waals surface area contributed by atoms with E-state index in [4.69, 9.17) is 4.74 Å². The lowest BCUT2D eigenvalue weighted by atomic mass is 10.1. The van der Waals surface area contributed by atoms with Gasteiger partial charge < -0.3 is 9.84 Å². The van der Waals surface area contributed by atoms with Crippen molar-refractivity contribution in [2.75, 3.05) is 0 Å². The van der Waals surface area contributed by atoms with Crippen LogP contribution in [0.1, 0.15) is 39.2 Å². The smallest absolute Gasteiger partial charge is 0.341 e. The Labute approximate surface area is 122 Å². The molecule has 0 unspecified atom stereocenters. The third kappa shape index (κ3) is 2.46. The van der Waals surface area contributed by atoms with Crippen LogP contribution in [-0.2, 0) is 12.8 Å². The van der Waals surface area contributed by atoms with E-state index in [2.05, 4.69) is 10.2 Å². The minimum Gasteiger partial charge on any atom is -0.477 e. The third-order valence-electron chi connectivity index (χ3n) is 3.92. The average Bonchev–Trinajstić information content (AvgIpc) is 2.90. The Morgan fingerprint density at radius 2 is 1.95 bits per heavy atom. The summed E-state index contributed by atoms with van der Waals surface area (Å²) in [7, 11) is 0. The summed E-state index contributed by atoms with van der Waals surface area (Å²) in [6.07, 6.45) is 3.29. The van der Waals surface area contributed by atoms with Crippen LogP contribution in [-0.4, -0.2) is 21.3 Å². The van der Waals surface area contributed by atoms with Gasteiger partial charge in [-0.15, -0.1) is 5.10 Å². The molecule has 1 aromatic carbocycles. The molecule has 0 fully saturated rings. The Bertz CT molecular complexity index is 726. The van der Waals surface area contributed by atoms with Gasteiger partial charge in [-0.3, -0.25) is 0 Å². The summed E-state index contributed by atoms with van der Waals surface area (Å²) in [4.78, 5) is 11.4. The van der Waals surface area contributed by atoms with Crippen LogP contribution in [0.15, 0.2) is 18.2 Å². The molecule has 0 amide bonds. The van der Waals surface area contributed by atoms with Gasteiger partial charge in [0.1, 0.15) is 11.3 Å². The molecule has 0 atom stereocenters. The summed E-state index contributed by atoms with van der Waals surface area (Å²) in [5.41, 5.74) is 3.85. The number of carboxylic acids is 1. The first-order chi connectivity index (χ1) is 10.1. The average molecular weight is 284 g/mol. The van der Waals surface area contributed by atoms with Gasteiger partial charge >= 0.3 is 5.97 Å². The standard InChI is InChI=1S/C16H16N2O3/c1-9-10(2)17-18-15(14(9)16(19)20)21-13-7-6-11-4-3-5-12(11)8-13/h6-8H,3-5H2,1-2H3,(H,19,20). The zero-order valence-electron chi connectivity index (χ0n) is 12.0. The molecule has 5 heteroatoms. The van der Waals surface area contributed by atoms with Crippen molar-refractivity contribution in [1.82, 2.24) is 10.2 Å². The summed E-state index contributed by atoms with van der Waals surface area (Å²) < 4.78 is 5.68. The van der Waals surface area contributed by atoms with Gasteiger partial charge in [-0.1, -0.05) is 6.07 Å². The number of carbonyl (C=O) groups is 1. The minimum atomic E-state index is -1.05. The number of aromatic nitrogens is 2. The van der Waals surface area contributed by atoms with Gasteiger partial charge in [0.15, 0.2) is 0 Å². The van der Waals surface area contributed by atoms with Gasteiger partial charge in [-0.05, 0) is 61.9 Å². The molecule has 5 nitrogen and oxygen atoms in total. The molecule has 0 radical (unpaired) electrons. The van der Waals surface area contributed by atoms with E-state index in [1.54, 1.807) is 13.8 Å². The molecular formula is C16H16N2O3. The number of ether oxygens (including phenoxy) is 1. The molecule has 0 saturated heterocycles. The molecule has 1 aromatic heterocycles. The molecule has 1 heterocycles. The Kier molecular flexibility index (Phi) is 3.33. The zero-order valence-corrected chi connectivity index (χ0v) is 12.0. The quantitative estimate of drug-likeness (QED) is 0.937. The van der Waals surface area contributed by atoms with Gasteiger partial charge in [0.25, 0.3) is 5.88 Å². The second-order valence-corrected chi connectivity index (χ2v) is 5.28. The molecule has 1 N–H and O–H groups in total. The maximum absolute atomic E-state index is 11.4. The van der Waals surface area contributed by atoms with E-state index >= 15 is 0 Å². The topological polar surface area (TPSA) is 72.3 Å². The van der Waals surface area contributed by atoms with Crippen LogP contribution in [0, 0.1) is 13.8 Å². The van der Waals surface area contributed by atoms with Crippen molar-refractivity contribution >= 4 is 5.97 Å². The van der Waals surface area contributed by atoms with Crippen LogP contribution in [0.5, 0.6) is 11.6 Å². The number of benzene rings is 1. The zero-order chi connectivity index (χ0) is 15.0. The van der Waals surface area contributed by atoms with Crippen molar-refractivity contribution in [3.63, 3.8) is 0 Å². The lowest BCUT2D eigenvalue weighted by Gasteiger charge is -2.11. The lowest BCUT2D eigenvalue weighted by molar-refractivity contribution is 0.0692. The first-order valence-corrected chi connectivity index (χ1v) is 6.93. The summed E-state index contributed by atoms with van der Waals surface area (Å²) in [5.74, 6) is -0.402. The van der Waals surface area contributed by atoms with Crippen LogP contribution >= 0.6 is 0 Å². The molecule has 108 valence electrons. The first-order valence-electron chi connectivity index (χ1n) is 6.93. The maximum Gasteiger partial charge on any atom is 0.341 e. The van der Waals surface area contributed by atoms with Gasteiger partial charge in [-0.2, -0.15) is 5.10 Å². The summed E-state index contributed by atoms with van der Waals surface area (Å²) in [5, 5.41) is 17.2. The van der Waals surface area contributed by atoms with E-state index < -0.39 is 5.97 Å². The molecular weight excluding hydrogens is 268 g/mol. The van der Waals surface area contributed by atoms with Crippen molar-refractivity contribution in [2.45, 2.75) is 33.1 Å². The largest absolute Gasteiger partial charge is 0.477 e. The summed E-state index contributed by atoms with van der Waals surface area (Å²) in [6, 6.07) is 5.85. The fourth-order valence-electron chi connectivity index (χ4n) is 2.63. The number of rotatable bonds is 3. The molecule has 3 rings (SSSR count). The van der Waals surface area contributed by atoms with Crippen molar-refractivity contribution < 1.29 is 14.6 Å². The lowest BCUT2D eigenvalue weighted by Crippen LogP contribution is -2.08. The second-order valence-electron chi connectivity index (χ2n) is 5.28. The van der Waals surface area contributed by atoms with Crippen LogP contribution in [0.25, 0.3) is 0 Å². The van der Waals surface area contributed by atoms with Crippen molar-refractivity contribution in [3.8, 4) is 11.6 Å². The van der Waals surface area contributed by atoms with E-state index in [0.29, 0.717) is 17.0 Å².